The molecule has 2 nitrogen and oxygen atoms in total. The van der Waals surface area contributed by atoms with Crippen LogP contribution in [0.4, 0.5) is 4.39 Å². The van der Waals surface area contributed by atoms with Crippen molar-refractivity contribution in [1.29, 1.82) is 5.26 Å². The molecular weight excluding hydrogens is 225 g/mol. The van der Waals surface area contributed by atoms with Crippen molar-refractivity contribution >= 4 is 10.8 Å². The zero-order valence-electron chi connectivity index (χ0n) is 9.37. The van der Waals surface area contributed by atoms with Crippen LogP contribution in [0.3, 0.4) is 0 Å². The van der Waals surface area contributed by atoms with Gasteiger partial charge in [0.05, 0.1) is 22.3 Å². The first-order valence-electron chi connectivity index (χ1n) is 5.00. The number of benzene rings is 1. The molecule has 0 saturated heterocycles. The highest BCUT2D eigenvalue weighted by molar-refractivity contribution is 7.85. The van der Waals surface area contributed by atoms with Crippen LogP contribution >= 0.6 is 0 Å². The molecule has 1 aromatic rings. The van der Waals surface area contributed by atoms with Gasteiger partial charge in [0.2, 0.25) is 0 Å². The maximum atomic E-state index is 12.6. The van der Waals surface area contributed by atoms with Crippen molar-refractivity contribution in [3.63, 3.8) is 0 Å². The van der Waals surface area contributed by atoms with Crippen LogP contribution < -0.4 is 0 Å². The van der Waals surface area contributed by atoms with Crippen LogP contribution in [0, 0.1) is 22.6 Å². The molecule has 0 fully saturated rings. The fourth-order valence-electron chi connectivity index (χ4n) is 1.11. The van der Waals surface area contributed by atoms with Gasteiger partial charge >= 0.3 is 0 Å². The smallest absolute Gasteiger partial charge is 0.123 e. The maximum absolute atomic E-state index is 12.6. The molecule has 0 aliphatic heterocycles. The average molecular weight is 239 g/mol. The van der Waals surface area contributed by atoms with Gasteiger partial charge in [0.1, 0.15) is 5.82 Å². The normalized spacial score (nSPS) is 13.1. The Morgan fingerprint density at radius 2 is 1.94 bits per heavy atom. The Balaban J connectivity index is 2.61. The van der Waals surface area contributed by atoms with E-state index in [1.807, 2.05) is 13.8 Å². The molecule has 0 amide bonds. The van der Waals surface area contributed by atoms with E-state index in [9.17, 15) is 8.60 Å². The lowest BCUT2D eigenvalue weighted by Crippen LogP contribution is -2.12. The molecule has 0 spiro atoms. The van der Waals surface area contributed by atoms with Crippen LogP contribution in [0.2, 0.25) is 0 Å². The van der Waals surface area contributed by atoms with Crippen LogP contribution in [-0.4, -0.2) is 9.96 Å². The van der Waals surface area contributed by atoms with Crippen molar-refractivity contribution < 1.29 is 8.60 Å². The second-order valence-electron chi connectivity index (χ2n) is 4.25. The lowest BCUT2D eigenvalue weighted by molar-refractivity contribution is 0.479. The van der Waals surface area contributed by atoms with E-state index in [-0.39, 0.29) is 5.82 Å². The summed E-state index contributed by atoms with van der Waals surface area (Å²) in [5, 5.41) is 8.82. The standard InChI is InChI=1S/C12H14FNOS/c1-12(2,9-14)7-8-16(15)11-5-3-10(13)4-6-11/h3-6H,7-8H2,1-2H3. The second-order valence-corrected chi connectivity index (χ2v) is 5.82. The fraction of sp³-hybridized carbons (Fsp3) is 0.417. The van der Waals surface area contributed by atoms with Gasteiger partial charge in [-0.2, -0.15) is 5.26 Å². The first-order chi connectivity index (χ1) is 7.44. The summed E-state index contributed by atoms with van der Waals surface area (Å²) in [6.07, 6.45) is 0.563. The van der Waals surface area contributed by atoms with E-state index in [1.54, 1.807) is 0 Å². The molecule has 86 valence electrons. The fourth-order valence-corrected chi connectivity index (χ4v) is 2.48. The number of hydrogen-bond acceptors (Lipinski definition) is 2. The average Bonchev–Trinajstić information content (AvgIpc) is 2.27. The number of nitriles is 1. The zero-order valence-corrected chi connectivity index (χ0v) is 10.2. The van der Waals surface area contributed by atoms with Crippen LogP contribution in [0.5, 0.6) is 0 Å². The first kappa shape index (κ1) is 12.9. The molecule has 0 aromatic heterocycles. The molecule has 16 heavy (non-hydrogen) atoms. The van der Waals surface area contributed by atoms with Gasteiger partial charge in [-0.15, -0.1) is 0 Å². The summed E-state index contributed by atoms with van der Waals surface area (Å²) >= 11 is 0. The van der Waals surface area contributed by atoms with Gasteiger partial charge < -0.3 is 0 Å². The van der Waals surface area contributed by atoms with Gasteiger partial charge in [-0.3, -0.25) is 4.21 Å². The minimum Gasteiger partial charge on any atom is -0.254 e. The third-order valence-corrected chi connectivity index (χ3v) is 3.66. The first-order valence-corrected chi connectivity index (χ1v) is 6.32. The lowest BCUT2D eigenvalue weighted by Gasteiger charge is -2.13. The van der Waals surface area contributed by atoms with E-state index in [0.717, 1.165) is 0 Å². The van der Waals surface area contributed by atoms with E-state index in [0.29, 0.717) is 17.1 Å². The number of nitrogens with zero attached hydrogens (tertiary/aromatic N) is 1. The molecule has 0 bridgehead atoms. The molecule has 1 atom stereocenters. The molecule has 1 rings (SSSR count). The molecule has 4 heteroatoms. The molecule has 0 aliphatic rings. The van der Waals surface area contributed by atoms with E-state index in [4.69, 9.17) is 5.26 Å². The number of rotatable bonds is 4. The molecule has 0 heterocycles. The van der Waals surface area contributed by atoms with Crippen LogP contribution in [0.15, 0.2) is 29.2 Å². The van der Waals surface area contributed by atoms with Crippen LogP contribution in [-0.2, 0) is 10.8 Å². The van der Waals surface area contributed by atoms with Crippen molar-refractivity contribution in [3.05, 3.63) is 30.1 Å². The van der Waals surface area contributed by atoms with Gasteiger partial charge in [0.25, 0.3) is 0 Å². The minimum atomic E-state index is -1.16. The van der Waals surface area contributed by atoms with Crippen molar-refractivity contribution in [3.8, 4) is 6.07 Å². The molecule has 0 N–H and O–H groups in total. The van der Waals surface area contributed by atoms with Gasteiger partial charge in [-0.1, -0.05) is 0 Å². The van der Waals surface area contributed by atoms with Gasteiger partial charge in [-0.05, 0) is 44.5 Å². The predicted molar refractivity (Wildman–Crippen MR) is 61.7 cm³/mol. The topological polar surface area (TPSA) is 40.9 Å². The van der Waals surface area contributed by atoms with Gasteiger partial charge in [0, 0.05) is 10.6 Å². The Labute approximate surface area is 97.6 Å². The second kappa shape index (κ2) is 5.22. The Morgan fingerprint density at radius 1 is 1.38 bits per heavy atom. The van der Waals surface area contributed by atoms with Gasteiger partial charge in [-0.25, -0.2) is 4.39 Å². The van der Waals surface area contributed by atoms with E-state index >= 15 is 0 Å². The Morgan fingerprint density at radius 3 is 2.44 bits per heavy atom. The quantitative estimate of drug-likeness (QED) is 0.810. The van der Waals surface area contributed by atoms with Crippen molar-refractivity contribution in [2.75, 3.05) is 5.75 Å². The van der Waals surface area contributed by atoms with Crippen LogP contribution in [0.25, 0.3) is 0 Å². The summed E-state index contributed by atoms with van der Waals surface area (Å²) in [6.45, 7) is 3.63. The zero-order chi connectivity index (χ0) is 12.2. The third-order valence-electron chi connectivity index (χ3n) is 2.29. The van der Waals surface area contributed by atoms with E-state index < -0.39 is 16.2 Å². The summed E-state index contributed by atoms with van der Waals surface area (Å²) < 4.78 is 24.4. The molecule has 0 saturated carbocycles. The third kappa shape index (κ3) is 3.74. The Bertz CT molecular complexity index is 420. The molecule has 0 radical (unpaired) electrons. The molecule has 1 aromatic carbocycles. The van der Waals surface area contributed by atoms with Crippen molar-refractivity contribution in [2.24, 2.45) is 5.41 Å². The molecular formula is C12H14FNOS. The Kier molecular flexibility index (Phi) is 4.19. The SMILES string of the molecule is CC(C)(C#N)CCS(=O)c1ccc(F)cc1. The highest BCUT2D eigenvalue weighted by atomic mass is 32.2. The Hall–Kier alpha value is -1.21. The summed E-state index contributed by atoms with van der Waals surface area (Å²) in [7, 11) is -1.16. The van der Waals surface area contributed by atoms with E-state index in [1.165, 1.54) is 24.3 Å². The maximum Gasteiger partial charge on any atom is 0.123 e. The number of hydrogen-bond donors (Lipinski definition) is 0. The van der Waals surface area contributed by atoms with E-state index in [2.05, 4.69) is 6.07 Å². The van der Waals surface area contributed by atoms with Crippen molar-refractivity contribution in [2.45, 2.75) is 25.2 Å². The summed E-state index contributed by atoms with van der Waals surface area (Å²) in [5.41, 5.74) is -0.463. The van der Waals surface area contributed by atoms with Crippen LogP contribution in [0.1, 0.15) is 20.3 Å². The predicted octanol–water partition coefficient (Wildman–Crippen LogP) is 2.87. The monoisotopic (exact) mass is 239 g/mol. The summed E-state index contributed by atoms with van der Waals surface area (Å²) in [4.78, 5) is 0.607. The molecule has 0 aliphatic carbocycles. The lowest BCUT2D eigenvalue weighted by atomic mass is 9.93. The van der Waals surface area contributed by atoms with Gasteiger partial charge in [0.15, 0.2) is 0 Å². The highest BCUT2D eigenvalue weighted by Gasteiger charge is 2.18. The highest BCUT2D eigenvalue weighted by Crippen LogP contribution is 2.20. The van der Waals surface area contributed by atoms with Crippen molar-refractivity contribution in [1.82, 2.24) is 0 Å². The minimum absolute atomic E-state index is 0.335. The number of halogens is 1. The molecule has 1 unspecified atom stereocenters. The summed E-state index contributed by atoms with van der Waals surface area (Å²) in [6, 6.07) is 7.79. The summed E-state index contributed by atoms with van der Waals surface area (Å²) in [5.74, 6) is 0.0877. The largest absolute Gasteiger partial charge is 0.254 e.